The highest BCUT2D eigenvalue weighted by molar-refractivity contribution is 6.13. The van der Waals surface area contributed by atoms with E-state index in [1.807, 2.05) is 66.7 Å². The first-order valence-electron chi connectivity index (χ1n) is 28.8. The highest BCUT2D eigenvalue weighted by Gasteiger charge is 2.19. The van der Waals surface area contributed by atoms with Gasteiger partial charge >= 0.3 is 0 Å². The van der Waals surface area contributed by atoms with Gasteiger partial charge in [0.15, 0.2) is 0 Å². The number of para-hydroxylation sites is 4. The van der Waals surface area contributed by atoms with Crippen LogP contribution in [0.2, 0.25) is 0 Å². The van der Waals surface area contributed by atoms with Crippen molar-refractivity contribution in [2.24, 2.45) is 0 Å². The fourth-order valence-corrected chi connectivity index (χ4v) is 7.69. The quantitative estimate of drug-likeness (QED) is 0.167. The summed E-state index contributed by atoms with van der Waals surface area (Å²) in [6, 6.07) is 6.87. The van der Waals surface area contributed by atoms with E-state index in [-0.39, 0.29) is 27.5 Å². The average Bonchev–Trinajstić information content (AvgIpc) is 2.92. The zero-order valence-corrected chi connectivity index (χ0v) is 29.3. The van der Waals surface area contributed by atoms with Crippen LogP contribution >= 0.6 is 0 Å². The summed E-state index contributed by atoms with van der Waals surface area (Å²) in [6.07, 6.45) is 0. The van der Waals surface area contributed by atoms with Crippen molar-refractivity contribution < 1.29 is 30.2 Å². The Morgan fingerprint density at radius 2 is 0.614 bits per heavy atom. The van der Waals surface area contributed by atoms with E-state index in [0.717, 1.165) is 20.3 Å². The summed E-state index contributed by atoms with van der Waals surface area (Å²) in [5.74, 6) is 0. The first-order chi connectivity index (χ1) is 37.5. The van der Waals surface area contributed by atoms with Crippen LogP contribution in [0.25, 0.3) is 105 Å². The first kappa shape index (κ1) is 17.0. The highest BCUT2D eigenvalue weighted by Crippen LogP contribution is 2.40. The number of nitrogens with zero attached hydrogens (tertiary/aromatic N) is 3. The van der Waals surface area contributed by atoms with Crippen LogP contribution in [0.15, 0.2) is 212 Å². The molecule has 3 nitrogen and oxygen atoms in total. The molecule has 3 aromatic heterocycles. The van der Waals surface area contributed by atoms with Crippen molar-refractivity contribution in [3.63, 3.8) is 0 Å². The zero-order valence-electron chi connectivity index (χ0n) is 51.3. The van der Waals surface area contributed by atoms with Gasteiger partial charge in [0.05, 0.1) is 63.3 Å². The number of fused-ring (bicyclic) bond motifs is 9. The van der Waals surface area contributed by atoms with Gasteiger partial charge in [0, 0.05) is 49.4 Å². The van der Waals surface area contributed by atoms with Gasteiger partial charge in [0.1, 0.15) is 0 Å². The topological polar surface area (TPSA) is 14.8 Å². The minimum absolute atomic E-state index is 0.191. The van der Waals surface area contributed by atoms with Crippen molar-refractivity contribution in [1.82, 2.24) is 13.7 Å². The van der Waals surface area contributed by atoms with Gasteiger partial charge in [-0.05, 0) is 88.8 Å². The third-order valence-corrected chi connectivity index (χ3v) is 10.2. The van der Waals surface area contributed by atoms with Gasteiger partial charge in [0.2, 0.25) is 0 Å². The molecule has 0 atom stereocenters. The van der Waals surface area contributed by atoms with Gasteiger partial charge in [0.25, 0.3) is 0 Å². The normalized spacial score (nSPS) is 17.3. The van der Waals surface area contributed by atoms with Gasteiger partial charge in [-0.2, -0.15) is 0 Å². The minimum Gasteiger partial charge on any atom is -0.309 e. The summed E-state index contributed by atoms with van der Waals surface area (Å²) in [6.45, 7) is 0. The molecule has 0 aliphatic carbocycles. The Hall–Kier alpha value is -7.62. The molecule has 57 heavy (non-hydrogen) atoms. The molecule has 0 N–H and O–H groups in total. The number of aromatic nitrogens is 3. The van der Waals surface area contributed by atoms with E-state index in [1.54, 1.807) is 12.1 Å². The molecule has 3 heteroatoms. The number of hydrogen-bond acceptors (Lipinski definition) is 0. The van der Waals surface area contributed by atoms with E-state index in [2.05, 4.69) is 0 Å². The Labute approximate surface area is 360 Å². The molecule has 0 aliphatic rings. The van der Waals surface area contributed by atoms with Crippen molar-refractivity contribution in [1.29, 1.82) is 0 Å². The zero-order chi connectivity index (χ0) is 56.6. The maximum Gasteiger partial charge on any atom is 0.0667 e. The summed E-state index contributed by atoms with van der Waals surface area (Å²) < 4.78 is 207. The Balaban J connectivity index is 1.33. The summed E-state index contributed by atoms with van der Waals surface area (Å²) in [5.41, 5.74) is -1.04. The van der Waals surface area contributed by atoms with Crippen molar-refractivity contribution in [2.45, 2.75) is 0 Å². The lowest BCUT2D eigenvalue weighted by molar-refractivity contribution is 1.14. The Kier molecular flexibility index (Phi) is 3.72. The molecule has 266 valence electrons. The largest absolute Gasteiger partial charge is 0.309 e. The molecule has 0 bridgehead atoms. The summed E-state index contributed by atoms with van der Waals surface area (Å²) in [4.78, 5) is 0. The van der Waals surface area contributed by atoms with Crippen molar-refractivity contribution in [3.8, 4) is 39.3 Å². The SMILES string of the molecule is [2H]c1c([2H])c([2H])c2c(c1[2H])c1c([2H])c([2H])c(-n3c4c([2H])c([2H])c([2H])c([2H])c4c4c([2H])c([2H])c(-n5c6c([2H])c([2H])c([2H])c([2H])c6c6c([2H])c([2H])c([2H])c([2H])c65)c([2H])c43)c([2H])c1n2-c1cc(-c2ccccc2)cc(-c2ccccc2)c1. The average molecular weight is 748 g/mol. The number of rotatable bonds is 5. The van der Waals surface area contributed by atoms with Crippen LogP contribution in [-0.4, -0.2) is 13.7 Å². The molecule has 0 spiro atoms. The van der Waals surface area contributed by atoms with E-state index in [4.69, 9.17) is 13.7 Å². The first-order valence-corrected chi connectivity index (χ1v) is 17.8. The number of benzene rings is 9. The fraction of sp³-hybridized carbons (Fsp3) is 0. The second kappa shape index (κ2) is 12.5. The third-order valence-electron chi connectivity index (χ3n) is 10.2. The molecule has 3 heterocycles. The molecule has 0 amide bonds. The van der Waals surface area contributed by atoms with Gasteiger partial charge in [-0.1, -0.05) is 145 Å². The maximum absolute atomic E-state index is 10.4. The summed E-state index contributed by atoms with van der Waals surface area (Å²) >= 11 is 0. The Bertz CT molecular complexity index is 4660. The second-order valence-corrected chi connectivity index (χ2v) is 13.3. The van der Waals surface area contributed by atoms with Gasteiger partial charge in [-0.3, -0.25) is 0 Å². The van der Waals surface area contributed by atoms with Gasteiger partial charge in [-0.25, -0.2) is 0 Å². The van der Waals surface area contributed by atoms with Gasteiger partial charge < -0.3 is 13.7 Å². The molecule has 0 saturated heterocycles. The lowest BCUT2D eigenvalue weighted by Crippen LogP contribution is -1.99. The van der Waals surface area contributed by atoms with Crippen molar-refractivity contribution in [2.75, 3.05) is 0 Å². The van der Waals surface area contributed by atoms with Crippen LogP contribution in [0, 0.1) is 0 Å². The fourth-order valence-electron chi connectivity index (χ4n) is 7.69. The molecule has 12 aromatic rings. The molecule has 12 rings (SSSR count). The van der Waals surface area contributed by atoms with E-state index in [1.165, 1.54) is 4.57 Å². The lowest BCUT2D eigenvalue weighted by Gasteiger charge is -2.15. The van der Waals surface area contributed by atoms with Crippen LogP contribution in [0.1, 0.15) is 30.2 Å². The molecule has 9 aromatic carbocycles. The van der Waals surface area contributed by atoms with E-state index in [0.29, 0.717) is 11.1 Å². The van der Waals surface area contributed by atoms with Crippen LogP contribution in [0.4, 0.5) is 0 Å². The molecule has 0 unspecified atom stereocenters. The van der Waals surface area contributed by atoms with E-state index >= 15 is 0 Å². The monoisotopic (exact) mass is 747 g/mol. The summed E-state index contributed by atoms with van der Waals surface area (Å²) in [5, 5.41) is -2.29. The van der Waals surface area contributed by atoms with Crippen LogP contribution in [0.5, 0.6) is 0 Å². The predicted octanol–water partition coefficient (Wildman–Crippen LogP) is 14.3. The van der Waals surface area contributed by atoms with Crippen molar-refractivity contribution in [3.05, 3.63) is 212 Å². The highest BCUT2D eigenvalue weighted by atomic mass is 15.0. The van der Waals surface area contributed by atoms with E-state index in [9.17, 15) is 16.4 Å². The smallest absolute Gasteiger partial charge is 0.0667 e. The molecular weight excluding hydrogens is 691 g/mol. The molecule has 0 saturated carbocycles. The summed E-state index contributed by atoms with van der Waals surface area (Å²) in [7, 11) is 0. The molecule has 0 aliphatic heterocycles. The molecular formula is C54H35N3. The Morgan fingerprint density at radius 1 is 0.281 bits per heavy atom. The maximum atomic E-state index is 10.4. The van der Waals surface area contributed by atoms with Crippen LogP contribution in [0.3, 0.4) is 0 Å². The van der Waals surface area contributed by atoms with Crippen LogP contribution < -0.4 is 0 Å². The standard InChI is InChI=1S/C54H35N3/c1-3-15-36(16-4-1)38-31-39(37-17-5-2-6-18-37)33-42(32-38)57-52-26-14-10-22-46(52)48-30-28-41(35-54(48)57)56-51-25-13-9-21-45(51)47-29-27-40(34-53(47)56)55-49-23-11-7-19-43(49)44-20-8-12-24-50(44)55/h1-35H/i7D,8D,9D,10D,11D,12D,13D,14D,19D,20D,21D,22D,23D,24D,25D,26D,27D,28D,29D,30D,34D,35D. The molecule has 0 fully saturated rings. The Morgan fingerprint density at radius 3 is 1.02 bits per heavy atom. The van der Waals surface area contributed by atoms with Crippen molar-refractivity contribution >= 4 is 65.4 Å². The lowest BCUT2D eigenvalue weighted by atomic mass is 9.98. The second-order valence-electron chi connectivity index (χ2n) is 13.3. The third kappa shape index (κ3) is 4.86. The molecule has 0 radical (unpaired) electrons. The number of hydrogen-bond donors (Lipinski definition) is 0. The minimum atomic E-state index is -0.896. The predicted molar refractivity (Wildman–Crippen MR) is 240 cm³/mol. The van der Waals surface area contributed by atoms with E-state index < -0.39 is 188 Å². The van der Waals surface area contributed by atoms with Crippen LogP contribution in [-0.2, 0) is 0 Å². The van der Waals surface area contributed by atoms with Gasteiger partial charge in [-0.15, -0.1) is 0 Å².